The van der Waals surface area contributed by atoms with Crippen LogP contribution >= 0.6 is 11.3 Å². The first kappa shape index (κ1) is 19.0. The van der Waals surface area contributed by atoms with Gasteiger partial charge in [0.25, 0.3) is 0 Å². The van der Waals surface area contributed by atoms with Gasteiger partial charge in [-0.15, -0.1) is 11.3 Å². The van der Waals surface area contributed by atoms with Crippen LogP contribution in [0.25, 0.3) is 5.13 Å². The Morgan fingerprint density at radius 1 is 1.43 bits per heavy atom. The van der Waals surface area contributed by atoms with Crippen molar-refractivity contribution in [1.82, 2.24) is 24.5 Å². The predicted molar refractivity (Wildman–Crippen MR) is 102 cm³/mol. The van der Waals surface area contributed by atoms with Crippen molar-refractivity contribution in [1.29, 1.82) is 0 Å². The summed E-state index contributed by atoms with van der Waals surface area (Å²) in [5.74, 6) is 0. The number of hydrogen-bond donors (Lipinski definition) is 3. The maximum Gasteiger partial charge on any atom is 0.210 e. The summed E-state index contributed by atoms with van der Waals surface area (Å²) in [7, 11) is 1.78. The third kappa shape index (κ3) is 3.78. The van der Waals surface area contributed by atoms with Gasteiger partial charge >= 0.3 is 0 Å². The molecule has 1 aliphatic rings. The quantitative estimate of drug-likeness (QED) is 0.551. The van der Waals surface area contributed by atoms with E-state index in [-0.39, 0.29) is 12.7 Å². The molecule has 1 unspecified atom stereocenters. The van der Waals surface area contributed by atoms with E-state index in [0.717, 1.165) is 5.69 Å². The maximum absolute atomic E-state index is 13.9. The van der Waals surface area contributed by atoms with Crippen molar-refractivity contribution in [2.45, 2.75) is 37.4 Å². The van der Waals surface area contributed by atoms with E-state index in [1.807, 2.05) is 0 Å². The molecule has 1 aliphatic heterocycles. The number of nitrogens with zero attached hydrogens (tertiary/aromatic N) is 5. The Bertz CT molecular complexity index is 901. The molecule has 28 heavy (non-hydrogen) atoms. The van der Waals surface area contributed by atoms with E-state index in [9.17, 15) is 9.50 Å². The lowest BCUT2D eigenvalue weighted by Crippen LogP contribution is -2.32. The fraction of sp³-hybridized carbons (Fsp3) is 0.471. The molecular formula is C17H22FN7O2S. The standard InChI is InChI=1S/C17H22FN7O2S/c1-24-15(14-4-3-11(19)10(18)8-27-14)12(7-21-24)22-16(26)13-9-28-17(23-13)25-6-2-5-20-25/h2,5-7,9-11,14,16,22,26H,3-4,8,19H2,1H3/t10-,11-,14+,16?/m1/s1. The van der Waals surface area contributed by atoms with Gasteiger partial charge in [-0.3, -0.25) is 4.68 Å². The van der Waals surface area contributed by atoms with E-state index in [1.165, 1.54) is 11.3 Å². The fourth-order valence-corrected chi connectivity index (χ4v) is 3.99. The number of aryl methyl sites for hydroxylation is 1. The molecule has 1 fully saturated rings. The minimum atomic E-state index is -1.18. The molecule has 4 N–H and O–H groups in total. The van der Waals surface area contributed by atoms with Crippen LogP contribution in [-0.4, -0.2) is 48.5 Å². The van der Waals surface area contributed by atoms with Gasteiger partial charge in [0.15, 0.2) is 6.23 Å². The largest absolute Gasteiger partial charge is 0.369 e. The van der Waals surface area contributed by atoms with Gasteiger partial charge in [0.1, 0.15) is 18.0 Å². The van der Waals surface area contributed by atoms with Crippen molar-refractivity contribution < 1.29 is 14.2 Å². The van der Waals surface area contributed by atoms with Crippen LogP contribution in [0, 0.1) is 0 Å². The summed E-state index contributed by atoms with van der Waals surface area (Å²) < 4.78 is 22.9. The second-order valence-corrected chi connectivity index (χ2v) is 7.54. The van der Waals surface area contributed by atoms with E-state index in [2.05, 4.69) is 20.5 Å². The highest BCUT2D eigenvalue weighted by Crippen LogP contribution is 2.33. The molecular weight excluding hydrogens is 385 g/mol. The molecule has 150 valence electrons. The smallest absolute Gasteiger partial charge is 0.210 e. The predicted octanol–water partition coefficient (Wildman–Crippen LogP) is 1.68. The number of hydrogen-bond acceptors (Lipinski definition) is 8. The number of anilines is 1. The second kappa shape index (κ2) is 7.95. The highest BCUT2D eigenvalue weighted by Gasteiger charge is 2.30. The SMILES string of the molecule is Cn1ncc(NC(O)c2csc(-n3cccn3)n2)c1[C@@H]1CC[C@@H](N)[C@H](F)CO1. The van der Waals surface area contributed by atoms with Gasteiger partial charge in [-0.25, -0.2) is 14.1 Å². The molecule has 0 radical (unpaired) electrons. The summed E-state index contributed by atoms with van der Waals surface area (Å²) in [5, 5.41) is 24.4. The van der Waals surface area contributed by atoms with Gasteiger partial charge in [-0.2, -0.15) is 10.2 Å². The highest BCUT2D eigenvalue weighted by molar-refractivity contribution is 7.12. The molecule has 0 spiro atoms. The Balaban J connectivity index is 1.51. The zero-order chi connectivity index (χ0) is 19.7. The number of rotatable bonds is 5. The molecule has 0 aromatic carbocycles. The van der Waals surface area contributed by atoms with Gasteiger partial charge in [-0.05, 0) is 18.9 Å². The lowest BCUT2D eigenvalue weighted by molar-refractivity contribution is 0.0246. The van der Waals surface area contributed by atoms with E-state index in [0.29, 0.717) is 29.4 Å². The summed E-state index contributed by atoms with van der Waals surface area (Å²) in [4.78, 5) is 4.41. The average Bonchev–Trinajstić information content (AvgIpc) is 3.41. The van der Waals surface area contributed by atoms with E-state index in [4.69, 9.17) is 10.5 Å². The molecule has 3 aromatic heterocycles. The zero-order valence-corrected chi connectivity index (χ0v) is 16.1. The molecule has 4 atom stereocenters. The Morgan fingerprint density at radius 3 is 3.07 bits per heavy atom. The van der Waals surface area contributed by atoms with Gasteiger partial charge in [0.2, 0.25) is 5.13 Å². The van der Waals surface area contributed by atoms with Gasteiger partial charge < -0.3 is 20.9 Å². The Labute approximate surface area is 164 Å². The molecule has 0 aliphatic carbocycles. The second-order valence-electron chi connectivity index (χ2n) is 6.70. The molecule has 0 amide bonds. The number of aliphatic hydroxyl groups is 1. The normalized spacial score (nSPS) is 24.1. The number of alkyl halides is 1. The van der Waals surface area contributed by atoms with Gasteiger partial charge in [-0.1, -0.05) is 0 Å². The summed E-state index contributed by atoms with van der Waals surface area (Å²) >= 11 is 1.38. The molecule has 11 heteroatoms. The molecule has 3 aromatic rings. The number of nitrogens with two attached hydrogens (primary N) is 1. The number of nitrogens with one attached hydrogen (secondary N) is 1. The molecule has 1 saturated heterocycles. The minimum Gasteiger partial charge on any atom is -0.369 e. The lowest BCUT2D eigenvalue weighted by Gasteiger charge is -2.19. The summed E-state index contributed by atoms with van der Waals surface area (Å²) in [6, 6.07) is 1.27. The topological polar surface area (TPSA) is 116 Å². The van der Waals surface area contributed by atoms with Crippen LogP contribution in [0.15, 0.2) is 30.0 Å². The van der Waals surface area contributed by atoms with Crippen molar-refractivity contribution in [2.75, 3.05) is 11.9 Å². The van der Waals surface area contributed by atoms with Crippen LogP contribution < -0.4 is 11.1 Å². The van der Waals surface area contributed by atoms with Crippen LogP contribution in [0.4, 0.5) is 10.1 Å². The number of aromatic nitrogens is 5. The van der Waals surface area contributed by atoms with E-state index >= 15 is 0 Å². The molecule has 4 rings (SSSR count). The van der Waals surface area contributed by atoms with Crippen LogP contribution in [0.1, 0.15) is 36.6 Å². The van der Waals surface area contributed by atoms with Crippen molar-refractivity contribution in [2.24, 2.45) is 12.8 Å². The van der Waals surface area contributed by atoms with E-state index < -0.39 is 18.4 Å². The maximum atomic E-state index is 13.9. The molecule has 4 heterocycles. The van der Waals surface area contributed by atoms with Crippen molar-refractivity contribution in [3.8, 4) is 5.13 Å². The van der Waals surface area contributed by atoms with E-state index in [1.54, 1.807) is 46.4 Å². The highest BCUT2D eigenvalue weighted by atomic mass is 32.1. The first-order chi connectivity index (χ1) is 13.5. The first-order valence-electron chi connectivity index (χ1n) is 8.96. The van der Waals surface area contributed by atoms with Crippen LogP contribution in [0.3, 0.4) is 0 Å². The van der Waals surface area contributed by atoms with Crippen LogP contribution in [-0.2, 0) is 11.8 Å². The number of ether oxygens (including phenoxy) is 1. The van der Waals surface area contributed by atoms with Crippen molar-refractivity contribution >= 4 is 17.0 Å². The first-order valence-corrected chi connectivity index (χ1v) is 9.84. The fourth-order valence-electron chi connectivity index (χ4n) is 3.21. The molecule has 9 nitrogen and oxygen atoms in total. The van der Waals surface area contributed by atoms with Gasteiger partial charge in [0.05, 0.1) is 24.2 Å². The van der Waals surface area contributed by atoms with Crippen LogP contribution in [0.2, 0.25) is 0 Å². The Morgan fingerprint density at radius 2 is 2.29 bits per heavy atom. The minimum absolute atomic E-state index is 0.0572. The molecule has 0 saturated carbocycles. The Kier molecular flexibility index (Phi) is 5.40. The zero-order valence-electron chi connectivity index (χ0n) is 15.3. The summed E-state index contributed by atoms with van der Waals surface area (Å²) in [6.07, 6.45) is 3.57. The summed E-state index contributed by atoms with van der Waals surface area (Å²) in [5.41, 5.74) is 7.64. The van der Waals surface area contributed by atoms with Crippen molar-refractivity contribution in [3.05, 3.63) is 41.4 Å². The van der Waals surface area contributed by atoms with Crippen LogP contribution in [0.5, 0.6) is 0 Å². The Hall–Kier alpha value is -2.34. The summed E-state index contributed by atoms with van der Waals surface area (Å²) in [6.45, 7) is -0.0572. The lowest BCUT2D eigenvalue weighted by atomic mass is 10.0. The number of halogens is 1. The third-order valence-corrected chi connectivity index (χ3v) is 5.60. The molecule has 0 bridgehead atoms. The number of thiazole rings is 1. The number of aliphatic hydroxyl groups excluding tert-OH is 1. The third-order valence-electron chi connectivity index (χ3n) is 4.76. The van der Waals surface area contributed by atoms with Crippen molar-refractivity contribution in [3.63, 3.8) is 0 Å². The van der Waals surface area contributed by atoms with Gasteiger partial charge in [0, 0.05) is 30.9 Å². The monoisotopic (exact) mass is 407 g/mol. The average molecular weight is 407 g/mol.